The van der Waals surface area contributed by atoms with Crippen molar-refractivity contribution in [2.45, 2.75) is 6.61 Å². The van der Waals surface area contributed by atoms with Gasteiger partial charge in [0.25, 0.3) is 0 Å². The molecule has 0 spiro atoms. The van der Waals surface area contributed by atoms with Crippen molar-refractivity contribution < 1.29 is 9.47 Å². The standard InChI is InChI=1S/C11H14N2O2/c1-13-10-6-8(15-3)4-5-9(10)12-11(13)7-14-2/h4-6H,7H2,1-3H3. The first-order chi connectivity index (χ1) is 7.26. The fraction of sp³-hybridized carbons (Fsp3) is 0.364. The molecule has 0 aliphatic heterocycles. The van der Waals surface area contributed by atoms with Crippen LogP contribution >= 0.6 is 0 Å². The van der Waals surface area contributed by atoms with Crippen molar-refractivity contribution in [3.05, 3.63) is 24.0 Å². The molecule has 0 aliphatic carbocycles. The highest BCUT2D eigenvalue weighted by atomic mass is 16.5. The molecule has 0 aliphatic rings. The fourth-order valence-electron chi connectivity index (χ4n) is 1.60. The van der Waals surface area contributed by atoms with Crippen LogP contribution < -0.4 is 4.74 Å². The van der Waals surface area contributed by atoms with Gasteiger partial charge in [-0.05, 0) is 12.1 Å². The lowest BCUT2D eigenvalue weighted by Gasteiger charge is -2.01. The van der Waals surface area contributed by atoms with E-state index in [1.165, 1.54) is 0 Å². The van der Waals surface area contributed by atoms with Crippen LogP contribution in [0.3, 0.4) is 0 Å². The molecule has 2 aromatic rings. The van der Waals surface area contributed by atoms with Gasteiger partial charge in [-0.25, -0.2) is 4.98 Å². The minimum atomic E-state index is 0.521. The Morgan fingerprint density at radius 1 is 1.33 bits per heavy atom. The normalized spacial score (nSPS) is 10.9. The molecular formula is C11H14N2O2. The summed E-state index contributed by atoms with van der Waals surface area (Å²) in [7, 11) is 5.30. The second kappa shape index (κ2) is 3.90. The van der Waals surface area contributed by atoms with Crippen LogP contribution in [0, 0.1) is 0 Å². The van der Waals surface area contributed by atoms with Crippen LogP contribution in [0.4, 0.5) is 0 Å². The SMILES string of the molecule is COCc1nc2ccc(OC)cc2n1C. The van der Waals surface area contributed by atoms with Crippen LogP contribution in [0.1, 0.15) is 5.82 Å². The van der Waals surface area contributed by atoms with Crippen LogP contribution in [0.25, 0.3) is 11.0 Å². The minimum Gasteiger partial charge on any atom is -0.497 e. The minimum absolute atomic E-state index is 0.521. The molecule has 0 saturated carbocycles. The van der Waals surface area contributed by atoms with Crippen molar-refractivity contribution in [1.82, 2.24) is 9.55 Å². The Hall–Kier alpha value is -1.55. The molecule has 1 aromatic carbocycles. The number of methoxy groups -OCH3 is 2. The topological polar surface area (TPSA) is 36.3 Å². The molecule has 0 atom stereocenters. The van der Waals surface area contributed by atoms with Gasteiger partial charge in [0.2, 0.25) is 0 Å². The van der Waals surface area contributed by atoms with Gasteiger partial charge in [-0.2, -0.15) is 0 Å². The molecule has 0 fully saturated rings. The summed E-state index contributed by atoms with van der Waals surface area (Å²) in [6.07, 6.45) is 0. The number of nitrogens with zero attached hydrogens (tertiary/aromatic N) is 2. The smallest absolute Gasteiger partial charge is 0.135 e. The van der Waals surface area contributed by atoms with Gasteiger partial charge >= 0.3 is 0 Å². The Labute approximate surface area is 88.4 Å². The van der Waals surface area contributed by atoms with E-state index in [-0.39, 0.29) is 0 Å². The average Bonchev–Trinajstić information content (AvgIpc) is 2.56. The second-order valence-electron chi connectivity index (χ2n) is 3.37. The zero-order chi connectivity index (χ0) is 10.8. The van der Waals surface area contributed by atoms with E-state index < -0.39 is 0 Å². The average molecular weight is 206 g/mol. The number of benzene rings is 1. The van der Waals surface area contributed by atoms with E-state index in [2.05, 4.69) is 4.98 Å². The van der Waals surface area contributed by atoms with Crippen molar-refractivity contribution in [2.75, 3.05) is 14.2 Å². The number of imidazole rings is 1. The molecule has 2 rings (SSSR count). The molecule has 4 heteroatoms. The number of hydrogen-bond donors (Lipinski definition) is 0. The summed E-state index contributed by atoms with van der Waals surface area (Å²) in [5.74, 6) is 1.76. The summed E-state index contributed by atoms with van der Waals surface area (Å²) < 4.78 is 12.3. The molecule has 1 aromatic heterocycles. The second-order valence-corrected chi connectivity index (χ2v) is 3.37. The Bertz CT molecular complexity index is 477. The molecule has 15 heavy (non-hydrogen) atoms. The molecular weight excluding hydrogens is 192 g/mol. The van der Waals surface area contributed by atoms with Gasteiger partial charge in [-0.15, -0.1) is 0 Å². The third-order valence-electron chi connectivity index (χ3n) is 2.45. The Balaban J connectivity index is 2.56. The third-order valence-corrected chi connectivity index (χ3v) is 2.45. The van der Waals surface area contributed by atoms with E-state index >= 15 is 0 Å². The first-order valence-corrected chi connectivity index (χ1v) is 4.74. The number of aromatic nitrogens is 2. The zero-order valence-electron chi connectivity index (χ0n) is 9.15. The van der Waals surface area contributed by atoms with Crippen LogP contribution in [-0.4, -0.2) is 23.8 Å². The van der Waals surface area contributed by atoms with E-state index in [0.29, 0.717) is 6.61 Å². The lowest BCUT2D eigenvalue weighted by atomic mass is 10.3. The van der Waals surface area contributed by atoms with E-state index in [9.17, 15) is 0 Å². The van der Waals surface area contributed by atoms with Crippen LogP contribution in [0.2, 0.25) is 0 Å². The first kappa shape index (κ1) is 9.98. The van der Waals surface area contributed by atoms with Crippen LogP contribution in [-0.2, 0) is 18.4 Å². The van der Waals surface area contributed by atoms with E-state index in [4.69, 9.17) is 9.47 Å². The predicted molar refractivity (Wildman–Crippen MR) is 58.0 cm³/mol. The van der Waals surface area contributed by atoms with Gasteiger partial charge in [-0.1, -0.05) is 0 Å². The van der Waals surface area contributed by atoms with Gasteiger partial charge in [0.15, 0.2) is 0 Å². The third kappa shape index (κ3) is 1.68. The van der Waals surface area contributed by atoms with Crippen molar-refractivity contribution in [1.29, 1.82) is 0 Å². The molecule has 80 valence electrons. The van der Waals surface area contributed by atoms with Gasteiger partial charge in [0, 0.05) is 20.2 Å². The molecule has 0 unspecified atom stereocenters. The molecule has 0 N–H and O–H groups in total. The number of hydrogen-bond acceptors (Lipinski definition) is 3. The Morgan fingerprint density at radius 2 is 2.13 bits per heavy atom. The lowest BCUT2D eigenvalue weighted by molar-refractivity contribution is 0.176. The molecule has 1 heterocycles. The van der Waals surface area contributed by atoms with E-state index in [1.54, 1.807) is 14.2 Å². The first-order valence-electron chi connectivity index (χ1n) is 4.74. The Kier molecular flexibility index (Phi) is 2.60. The maximum atomic E-state index is 5.17. The molecule has 0 radical (unpaired) electrons. The number of rotatable bonds is 3. The van der Waals surface area contributed by atoms with Crippen molar-refractivity contribution in [2.24, 2.45) is 7.05 Å². The van der Waals surface area contributed by atoms with Gasteiger partial charge in [0.05, 0.1) is 18.1 Å². The van der Waals surface area contributed by atoms with Crippen LogP contribution in [0.15, 0.2) is 18.2 Å². The van der Waals surface area contributed by atoms with Crippen molar-refractivity contribution >= 4 is 11.0 Å². The largest absolute Gasteiger partial charge is 0.497 e. The molecule has 0 saturated heterocycles. The molecule has 0 bridgehead atoms. The predicted octanol–water partition coefficient (Wildman–Crippen LogP) is 1.73. The molecule has 0 amide bonds. The van der Waals surface area contributed by atoms with Gasteiger partial charge in [0.1, 0.15) is 18.2 Å². The summed E-state index contributed by atoms with van der Waals surface area (Å²) in [5, 5.41) is 0. The Morgan fingerprint density at radius 3 is 2.80 bits per heavy atom. The van der Waals surface area contributed by atoms with E-state index in [1.807, 2.05) is 29.8 Å². The number of aryl methyl sites for hydroxylation is 1. The highest BCUT2D eigenvalue weighted by molar-refractivity contribution is 5.77. The number of ether oxygens (including phenoxy) is 2. The fourth-order valence-corrected chi connectivity index (χ4v) is 1.60. The van der Waals surface area contributed by atoms with Crippen LogP contribution in [0.5, 0.6) is 5.75 Å². The van der Waals surface area contributed by atoms with Crippen molar-refractivity contribution in [3.63, 3.8) is 0 Å². The highest BCUT2D eigenvalue weighted by Crippen LogP contribution is 2.21. The highest BCUT2D eigenvalue weighted by Gasteiger charge is 2.07. The maximum absolute atomic E-state index is 5.17. The zero-order valence-corrected chi connectivity index (χ0v) is 9.15. The van der Waals surface area contributed by atoms with Gasteiger partial charge in [-0.3, -0.25) is 0 Å². The maximum Gasteiger partial charge on any atom is 0.135 e. The summed E-state index contributed by atoms with van der Waals surface area (Å²) in [4.78, 5) is 4.46. The monoisotopic (exact) mass is 206 g/mol. The van der Waals surface area contributed by atoms with E-state index in [0.717, 1.165) is 22.6 Å². The molecule has 4 nitrogen and oxygen atoms in total. The lowest BCUT2D eigenvalue weighted by Crippen LogP contribution is -1.98. The summed E-state index contributed by atoms with van der Waals surface area (Å²) in [5.41, 5.74) is 2.02. The van der Waals surface area contributed by atoms with Gasteiger partial charge < -0.3 is 14.0 Å². The quantitative estimate of drug-likeness (QED) is 0.767. The number of fused-ring (bicyclic) bond motifs is 1. The van der Waals surface area contributed by atoms with Crippen molar-refractivity contribution in [3.8, 4) is 5.75 Å². The summed E-state index contributed by atoms with van der Waals surface area (Å²) in [6, 6.07) is 5.83. The summed E-state index contributed by atoms with van der Waals surface area (Å²) in [6.45, 7) is 0.521. The summed E-state index contributed by atoms with van der Waals surface area (Å²) >= 11 is 0.